The van der Waals surface area contributed by atoms with Crippen LogP contribution in [0.3, 0.4) is 0 Å². The fourth-order valence-electron chi connectivity index (χ4n) is 6.47. The van der Waals surface area contributed by atoms with Gasteiger partial charge < -0.3 is 14.7 Å². The van der Waals surface area contributed by atoms with E-state index in [0.717, 1.165) is 88.1 Å². The molecule has 0 fully saturated rings. The highest BCUT2D eigenvalue weighted by molar-refractivity contribution is 9.10. The van der Waals surface area contributed by atoms with Crippen LogP contribution in [0.5, 0.6) is 11.5 Å². The largest absolute Gasteiger partial charge is 0.452 e. The first-order valence-electron chi connectivity index (χ1n) is 15.8. The number of halogens is 1. The van der Waals surface area contributed by atoms with Gasteiger partial charge in [-0.15, -0.1) is 0 Å². The first-order chi connectivity index (χ1) is 23.7. The van der Waals surface area contributed by atoms with Crippen LogP contribution in [-0.2, 0) is 0 Å². The molecule has 5 heterocycles. The summed E-state index contributed by atoms with van der Waals surface area (Å²) >= 11 is 3.84. The molecule has 7 aromatic rings. The van der Waals surface area contributed by atoms with E-state index in [1.807, 2.05) is 48.6 Å². The third-order valence-electron chi connectivity index (χ3n) is 8.73. The molecule has 2 aliphatic rings. The standard InChI is InChI=1S/C42H27BrN4O/c43-41-34-22-18-30(44-34)39(27-11-3-1-4-12-27)32-20-24-36(46-32)42(48-38-17-9-15-26-10-7-8-16-29(26)38)37-25-21-33(47-37)40(28-13-5-2-6-14-28)31-19-23-35(41)45-31/h1-25,46-47H. The zero-order valence-corrected chi connectivity index (χ0v) is 27.2. The SMILES string of the molecule is Brc1c2nc(c(-c3ccccc3)c3ccc([nH]3)c(Oc3cccc4ccccc34)c3ccc([nH]3)c(-c3ccccc3)c3nc1C=C3)C=C2. The maximum Gasteiger partial charge on any atom is 0.174 e. The van der Waals surface area contributed by atoms with Gasteiger partial charge in [0.1, 0.15) is 5.75 Å². The summed E-state index contributed by atoms with van der Waals surface area (Å²) < 4.78 is 7.75. The molecule has 8 bridgehead atoms. The van der Waals surface area contributed by atoms with E-state index in [4.69, 9.17) is 14.7 Å². The van der Waals surface area contributed by atoms with E-state index >= 15 is 0 Å². The lowest BCUT2D eigenvalue weighted by atomic mass is 10.0. The molecule has 6 heteroatoms. The second-order valence-corrected chi connectivity index (χ2v) is 12.5. The van der Waals surface area contributed by atoms with Crippen LogP contribution in [0, 0.1) is 0 Å². The van der Waals surface area contributed by atoms with Gasteiger partial charge in [-0.25, -0.2) is 9.97 Å². The van der Waals surface area contributed by atoms with Crippen LogP contribution in [0.2, 0.25) is 0 Å². The summed E-state index contributed by atoms with van der Waals surface area (Å²) in [5, 5.41) is 2.15. The Morgan fingerprint density at radius 1 is 0.458 bits per heavy atom. The van der Waals surface area contributed by atoms with Gasteiger partial charge in [0, 0.05) is 27.5 Å². The smallest absolute Gasteiger partial charge is 0.174 e. The quantitative estimate of drug-likeness (QED) is 0.194. The van der Waals surface area contributed by atoms with Crippen LogP contribution in [-0.4, -0.2) is 19.9 Å². The lowest BCUT2D eigenvalue weighted by Gasteiger charge is -2.10. The predicted octanol–water partition coefficient (Wildman–Crippen LogP) is 11.7. The summed E-state index contributed by atoms with van der Waals surface area (Å²) in [4.78, 5) is 17.7. The maximum absolute atomic E-state index is 6.92. The third-order valence-corrected chi connectivity index (χ3v) is 9.54. The number of rotatable bonds is 4. The van der Waals surface area contributed by atoms with Gasteiger partial charge in [-0.2, -0.15) is 0 Å². The van der Waals surface area contributed by atoms with Gasteiger partial charge in [-0.05, 0) is 87.1 Å². The summed E-state index contributed by atoms with van der Waals surface area (Å²) in [6, 6.07) is 43.5. The number of ether oxygens (including phenoxy) is 1. The van der Waals surface area contributed by atoms with Crippen LogP contribution < -0.4 is 4.74 Å². The van der Waals surface area contributed by atoms with E-state index in [1.165, 1.54) is 0 Å². The molecule has 2 aliphatic heterocycles. The van der Waals surface area contributed by atoms with Gasteiger partial charge >= 0.3 is 0 Å². The van der Waals surface area contributed by atoms with Gasteiger partial charge in [-0.1, -0.05) is 97.1 Å². The molecule has 0 aliphatic carbocycles. The Morgan fingerprint density at radius 3 is 1.52 bits per heavy atom. The Morgan fingerprint density at radius 2 is 0.938 bits per heavy atom. The number of hydrogen-bond donors (Lipinski definition) is 2. The van der Waals surface area contributed by atoms with Crippen LogP contribution in [0.15, 0.2) is 132 Å². The molecule has 3 aromatic heterocycles. The Labute approximate surface area is 285 Å². The minimum absolute atomic E-state index is 0.680. The topological polar surface area (TPSA) is 66.6 Å². The average Bonchev–Trinajstić information content (AvgIpc) is 3.97. The predicted molar refractivity (Wildman–Crippen MR) is 201 cm³/mol. The molecule has 48 heavy (non-hydrogen) atoms. The van der Waals surface area contributed by atoms with Crippen LogP contribution in [0.25, 0.3) is 79.4 Å². The van der Waals surface area contributed by atoms with Crippen LogP contribution in [0.1, 0.15) is 22.8 Å². The van der Waals surface area contributed by atoms with Gasteiger partial charge in [0.2, 0.25) is 0 Å². The van der Waals surface area contributed by atoms with E-state index in [1.54, 1.807) is 0 Å². The van der Waals surface area contributed by atoms with Crippen molar-refractivity contribution in [3.8, 4) is 33.8 Å². The van der Waals surface area contributed by atoms with E-state index in [0.29, 0.717) is 5.75 Å². The van der Waals surface area contributed by atoms with Crippen molar-refractivity contribution >= 4 is 73.1 Å². The van der Waals surface area contributed by atoms with E-state index in [2.05, 4.69) is 129 Å². The van der Waals surface area contributed by atoms with Crippen molar-refractivity contribution in [2.45, 2.75) is 0 Å². The Hall–Kier alpha value is -5.98. The van der Waals surface area contributed by atoms with Crippen molar-refractivity contribution in [1.82, 2.24) is 19.9 Å². The minimum atomic E-state index is 0.680. The molecule has 0 saturated carbocycles. The van der Waals surface area contributed by atoms with Gasteiger partial charge in [-0.3, -0.25) is 0 Å². The highest BCUT2D eigenvalue weighted by Crippen LogP contribution is 2.38. The van der Waals surface area contributed by atoms with Gasteiger partial charge in [0.15, 0.2) is 5.75 Å². The lowest BCUT2D eigenvalue weighted by molar-refractivity contribution is 0.497. The second-order valence-electron chi connectivity index (χ2n) is 11.7. The van der Waals surface area contributed by atoms with Gasteiger partial charge in [0.05, 0.1) is 38.3 Å². The summed E-state index contributed by atoms with van der Waals surface area (Å²) in [5.74, 6) is 1.45. The molecule has 228 valence electrons. The normalized spacial score (nSPS) is 12.1. The number of hydrogen-bond acceptors (Lipinski definition) is 3. The molecule has 2 N–H and O–H groups in total. The van der Waals surface area contributed by atoms with Crippen molar-refractivity contribution in [1.29, 1.82) is 0 Å². The monoisotopic (exact) mass is 682 g/mol. The molecule has 4 aromatic carbocycles. The van der Waals surface area contributed by atoms with E-state index < -0.39 is 0 Å². The molecule has 0 amide bonds. The van der Waals surface area contributed by atoms with E-state index in [9.17, 15) is 0 Å². The highest BCUT2D eigenvalue weighted by atomic mass is 79.9. The number of benzene rings is 4. The van der Waals surface area contributed by atoms with Crippen molar-refractivity contribution in [2.75, 3.05) is 0 Å². The molecule has 0 spiro atoms. The minimum Gasteiger partial charge on any atom is -0.452 e. The van der Waals surface area contributed by atoms with Crippen LogP contribution in [0.4, 0.5) is 0 Å². The fraction of sp³-hybridized carbons (Fsp3) is 0. The third kappa shape index (κ3) is 4.94. The first kappa shape index (κ1) is 28.3. The Balaban J connectivity index is 1.42. The zero-order chi connectivity index (χ0) is 32.0. The number of aromatic nitrogens is 4. The number of nitrogens with zero attached hydrogens (tertiary/aromatic N) is 2. The zero-order valence-electron chi connectivity index (χ0n) is 25.6. The number of aromatic amines is 2. The molecule has 0 saturated heterocycles. The second kappa shape index (κ2) is 11.7. The fourth-order valence-corrected chi connectivity index (χ4v) is 6.91. The molecule has 9 rings (SSSR count). The maximum atomic E-state index is 6.92. The summed E-state index contributed by atoms with van der Waals surface area (Å²) in [6.07, 6.45) is 8.21. The average molecular weight is 684 g/mol. The summed E-state index contributed by atoms with van der Waals surface area (Å²) in [5.41, 5.74) is 11.0. The highest BCUT2D eigenvalue weighted by Gasteiger charge is 2.18. The van der Waals surface area contributed by atoms with E-state index in [-0.39, 0.29) is 0 Å². The van der Waals surface area contributed by atoms with Crippen molar-refractivity contribution in [2.24, 2.45) is 0 Å². The molecule has 0 atom stereocenters. The Bertz CT molecular complexity index is 2460. The van der Waals surface area contributed by atoms with Gasteiger partial charge in [0.25, 0.3) is 0 Å². The first-order valence-corrected chi connectivity index (χ1v) is 16.6. The number of nitrogens with one attached hydrogen (secondary N) is 2. The van der Waals surface area contributed by atoms with Crippen molar-refractivity contribution in [3.63, 3.8) is 0 Å². The van der Waals surface area contributed by atoms with Crippen molar-refractivity contribution < 1.29 is 4.74 Å². The van der Waals surface area contributed by atoms with Crippen molar-refractivity contribution in [3.05, 3.63) is 155 Å². The summed E-state index contributed by atoms with van der Waals surface area (Å²) in [7, 11) is 0. The molecule has 5 nitrogen and oxygen atoms in total. The molecule has 0 unspecified atom stereocenters. The lowest BCUT2D eigenvalue weighted by Crippen LogP contribution is -1.89. The molecule has 0 radical (unpaired) electrons. The Kier molecular flexibility index (Phi) is 6.87. The molecular weight excluding hydrogens is 656 g/mol. The molecular formula is C42H27BrN4O. The van der Waals surface area contributed by atoms with Crippen LogP contribution >= 0.6 is 15.9 Å². The number of fused-ring (bicyclic) bond motifs is 9. The number of H-pyrrole nitrogens is 2. The summed E-state index contributed by atoms with van der Waals surface area (Å²) in [6.45, 7) is 0.